The monoisotopic (exact) mass is 454 g/mol. The van der Waals surface area contributed by atoms with E-state index < -0.39 is 0 Å². The summed E-state index contributed by atoms with van der Waals surface area (Å²) in [5.41, 5.74) is 2.29. The van der Waals surface area contributed by atoms with Gasteiger partial charge in [-0.3, -0.25) is 9.47 Å². The number of aromatic nitrogens is 3. The third-order valence-corrected chi connectivity index (χ3v) is 7.39. The number of hydrogen-bond donors (Lipinski definition) is 0. The average molecular weight is 455 g/mol. The highest BCUT2D eigenvalue weighted by molar-refractivity contribution is 7.99. The van der Waals surface area contributed by atoms with Crippen molar-refractivity contribution in [2.75, 3.05) is 32.6 Å². The Morgan fingerprint density at radius 3 is 2.81 bits per heavy atom. The molecule has 2 aliphatic rings. The molecule has 3 aromatic rings. The Kier molecular flexibility index (Phi) is 6.80. The molecule has 0 bridgehead atoms. The average Bonchev–Trinajstić information content (AvgIpc) is 3.60. The van der Waals surface area contributed by atoms with Crippen LogP contribution in [0.4, 0.5) is 0 Å². The zero-order chi connectivity index (χ0) is 21.8. The first-order valence-electron chi connectivity index (χ1n) is 11.4. The first-order valence-corrected chi connectivity index (χ1v) is 12.4. The summed E-state index contributed by atoms with van der Waals surface area (Å²) in [6.07, 6.45) is 8.30. The number of likely N-dealkylation sites (tertiary alicyclic amines) is 1. The normalized spacial score (nSPS) is 20.1. The Bertz CT molecular complexity index is 993. The zero-order valence-corrected chi connectivity index (χ0v) is 19.3. The Balaban J connectivity index is 1.35. The molecule has 5 rings (SSSR count). The standard InChI is InChI=1S/C24H30N4O3S/c1-29-21-5-2-4-20(14-21)28-23(25-26-24(28)32-17-22-6-3-12-31-22)19-7-10-27(11-8-19)15-18-9-13-30-16-18/h2,4-5,9,13-14,16,19,22H,3,6-8,10-12,15,17H2,1H3/t22-/m1/s1. The molecule has 7 nitrogen and oxygen atoms in total. The maximum Gasteiger partial charge on any atom is 0.195 e. The summed E-state index contributed by atoms with van der Waals surface area (Å²) in [6.45, 7) is 3.89. The van der Waals surface area contributed by atoms with Crippen LogP contribution in [-0.2, 0) is 11.3 Å². The lowest BCUT2D eigenvalue weighted by atomic mass is 9.95. The van der Waals surface area contributed by atoms with Gasteiger partial charge in [0.25, 0.3) is 0 Å². The van der Waals surface area contributed by atoms with Gasteiger partial charge in [-0.25, -0.2) is 0 Å². The fourth-order valence-electron chi connectivity index (χ4n) is 4.56. The lowest BCUT2D eigenvalue weighted by molar-refractivity contribution is 0.129. The Hall–Kier alpha value is -2.29. The maximum absolute atomic E-state index is 5.82. The fraction of sp³-hybridized carbons (Fsp3) is 0.500. The molecule has 2 fully saturated rings. The molecule has 4 heterocycles. The van der Waals surface area contributed by atoms with E-state index in [4.69, 9.17) is 19.0 Å². The third kappa shape index (κ3) is 4.87. The number of methoxy groups -OCH3 is 1. The fourth-order valence-corrected chi connectivity index (χ4v) is 5.59. The van der Waals surface area contributed by atoms with Gasteiger partial charge in [-0.15, -0.1) is 10.2 Å². The molecular formula is C24H30N4O3S. The lowest BCUT2D eigenvalue weighted by Gasteiger charge is -2.31. The highest BCUT2D eigenvalue weighted by Crippen LogP contribution is 2.34. The predicted octanol–water partition coefficient (Wildman–Crippen LogP) is 4.52. The van der Waals surface area contributed by atoms with E-state index in [1.165, 1.54) is 5.56 Å². The molecule has 8 heteroatoms. The van der Waals surface area contributed by atoms with Gasteiger partial charge in [0.1, 0.15) is 11.6 Å². The van der Waals surface area contributed by atoms with Crippen molar-refractivity contribution in [2.24, 2.45) is 0 Å². The summed E-state index contributed by atoms with van der Waals surface area (Å²) >= 11 is 1.74. The number of nitrogens with zero attached hydrogens (tertiary/aromatic N) is 4. The zero-order valence-electron chi connectivity index (χ0n) is 18.5. The molecule has 2 aromatic heterocycles. The molecule has 0 saturated carbocycles. The molecule has 0 N–H and O–H groups in total. The highest BCUT2D eigenvalue weighted by Gasteiger charge is 2.28. The number of thioether (sulfide) groups is 1. The van der Waals surface area contributed by atoms with Gasteiger partial charge in [0.05, 0.1) is 31.4 Å². The lowest BCUT2D eigenvalue weighted by Crippen LogP contribution is -2.33. The van der Waals surface area contributed by atoms with Gasteiger partial charge < -0.3 is 13.9 Å². The second kappa shape index (κ2) is 10.1. The van der Waals surface area contributed by atoms with Crippen LogP contribution in [0.2, 0.25) is 0 Å². The van der Waals surface area contributed by atoms with Crippen LogP contribution in [0.15, 0.2) is 52.4 Å². The van der Waals surface area contributed by atoms with Crippen LogP contribution in [0.5, 0.6) is 5.75 Å². The number of ether oxygens (including phenoxy) is 2. The molecule has 0 amide bonds. The summed E-state index contributed by atoms with van der Waals surface area (Å²) in [4.78, 5) is 2.49. The van der Waals surface area contributed by atoms with Crippen LogP contribution in [0.25, 0.3) is 5.69 Å². The topological polar surface area (TPSA) is 65.6 Å². The third-order valence-electron chi connectivity index (χ3n) is 6.33. The van der Waals surface area contributed by atoms with Crippen molar-refractivity contribution >= 4 is 11.8 Å². The van der Waals surface area contributed by atoms with Crippen molar-refractivity contribution in [1.82, 2.24) is 19.7 Å². The molecule has 0 spiro atoms. The maximum atomic E-state index is 5.82. The second-order valence-electron chi connectivity index (χ2n) is 8.51. The molecule has 1 aromatic carbocycles. The van der Waals surface area contributed by atoms with Crippen LogP contribution in [0.3, 0.4) is 0 Å². The van der Waals surface area contributed by atoms with E-state index in [0.29, 0.717) is 12.0 Å². The van der Waals surface area contributed by atoms with Crippen molar-refractivity contribution < 1.29 is 13.9 Å². The van der Waals surface area contributed by atoms with Gasteiger partial charge in [-0.05, 0) is 57.0 Å². The van der Waals surface area contributed by atoms with E-state index in [1.54, 1.807) is 25.1 Å². The largest absolute Gasteiger partial charge is 0.497 e. The van der Waals surface area contributed by atoms with E-state index >= 15 is 0 Å². The predicted molar refractivity (Wildman–Crippen MR) is 124 cm³/mol. The van der Waals surface area contributed by atoms with Crippen LogP contribution in [0.1, 0.15) is 43.0 Å². The quantitative estimate of drug-likeness (QED) is 0.464. The molecule has 0 aliphatic carbocycles. The molecule has 32 heavy (non-hydrogen) atoms. The Morgan fingerprint density at radius 2 is 2.06 bits per heavy atom. The Morgan fingerprint density at radius 1 is 1.16 bits per heavy atom. The van der Waals surface area contributed by atoms with Crippen molar-refractivity contribution in [3.63, 3.8) is 0 Å². The first kappa shape index (κ1) is 21.6. The van der Waals surface area contributed by atoms with Crippen LogP contribution in [-0.4, -0.2) is 58.3 Å². The molecule has 0 radical (unpaired) electrons. The molecule has 2 aliphatic heterocycles. The van der Waals surface area contributed by atoms with Gasteiger partial charge in [0.15, 0.2) is 5.16 Å². The molecule has 0 unspecified atom stereocenters. The SMILES string of the molecule is COc1cccc(-n2c(SC[C@H]3CCCO3)nnc2C2CCN(Cc3ccoc3)CC2)c1. The molecular weight excluding hydrogens is 424 g/mol. The van der Waals surface area contributed by atoms with Crippen molar-refractivity contribution in [1.29, 1.82) is 0 Å². The van der Waals surface area contributed by atoms with E-state index in [0.717, 1.165) is 80.1 Å². The first-order chi connectivity index (χ1) is 15.8. The van der Waals surface area contributed by atoms with Gasteiger partial charge in [0, 0.05) is 36.5 Å². The number of benzene rings is 1. The van der Waals surface area contributed by atoms with E-state index in [1.807, 2.05) is 24.5 Å². The van der Waals surface area contributed by atoms with Gasteiger partial charge in [-0.1, -0.05) is 17.8 Å². The number of hydrogen-bond acceptors (Lipinski definition) is 7. The smallest absolute Gasteiger partial charge is 0.195 e. The number of furan rings is 1. The Labute approximate surface area is 193 Å². The second-order valence-corrected chi connectivity index (χ2v) is 9.49. The van der Waals surface area contributed by atoms with Crippen LogP contribution in [0, 0.1) is 0 Å². The summed E-state index contributed by atoms with van der Waals surface area (Å²) < 4.78 is 18.8. The highest BCUT2D eigenvalue weighted by atomic mass is 32.2. The summed E-state index contributed by atoms with van der Waals surface area (Å²) in [5, 5.41) is 10.2. The minimum atomic E-state index is 0.310. The van der Waals surface area contributed by atoms with Crippen molar-refractivity contribution in [2.45, 2.75) is 49.4 Å². The minimum absolute atomic E-state index is 0.310. The van der Waals surface area contributed by atoms with Gasteiger partial charge >= 0.3 is 0 Å². The molecule has 1 atom stereocenters. The van der Waals surface area contributed by atoms with Gasteiger partial charge in [0.2, 0.25) is 0 Å². The van der Waals surface area contributed by atoms with E-state index in [9.17, 15) is 0 Å². The minimum Gasteiger partial charge on any atom is -0.497 e. The number of piperidine rings is 1. The summed E-state index contributed by atoms with van der Waals surface area (Å²) in [5.74, 6) is 3.18. The summed E-state index contributed by atoms with van der Waals surface area (Å²) in [7, 11) is 1.70. The number of rotatable bonds is 8. The van der Waals surface area contributed by atoms with Crippen molar-refractivity contribution in [3.8, 4) is 11.4 Å². The van der Waals surface area contributed by atoms with Crippen LogP contribution < -0.4 is 4.74 Å². The van der Waals surface area contributed by atoms with E-state index in [2.05, 4.69) is 26.7 Å². The van der Waals surface area contributed by atoms with Crippen LogP contribution >= 0.6 is 11.8 Å². The molecule has 170 valence electrons. The van der Waals surface area contributed by atoms with Crippen molar-refractivity contribution in [3.05, 3.63) is 54.2 Å². The summed E-state index contributed by atoms with van der Waals surface area (Å²) in [6, 6.07) is 10.2. The molecule has 2 saturated heterocycles. The van der Waals surface area contributed by atoms with Gasteiger partial charge in [-0.2, -0.15) is 0 Å². The van der Waals surface area contributed by atoms with E-state index in [-0.39, 0.29) is 0 Å².